The third-order valence-corrected chi connectivity index (χ3v) is 4.73. The third kappa shape index (κ3) is 4.99. The Morgan fingerprint density at radius 2 is 2.09 bits per heavy atom. The fourth-order valence-corrected chi connectivity index (χ4v) is 3.33. The topological polar surface area (TPSA) is 75.7 Å². The molecule has 0 spiro atoms. The normalized spacial score (nSPS) is 18.1. The lowest BCUT2D eigenvalue weighted by molar-refractivity contribution is -0.121. The summed E-state index contributed by atoms with van der Waals surface area (Å²) in [5.74, 6) is -0.167. The van der Waals surface area contributed by atoms with Crippen molar-refractivity contribution >= 4 is 21.6 Å². The van der Waals surface area contributed by atoms with E-state index in [0.29, 0.717) is 12.2 Å². The fourth-order valence-electron chi connectivity index (χ4n) is 2.41. The predicted molar refractivity (Wildman–Crippen MR) is 85.2 cm³/mol. The highest BCUT2D eigenvalue weighted by atomic mass is 32.2. The van der Waals surface area contributed by atoms with Crippen LogP contribution in [-0.2, 0) is 19.6 Å². The number of sulfonamides is 1. The summed E-state index contributed by atoms with van der Waals surface area (Å²) in [7, 11) is -3.42. The zero-order valence-corrected chi connectivity index (χ0v) is 13.5. The van der Waals surface area contributed by atoms with Gasteiger partial charge < -0.3 is 10.1 Å². The lowest BCUT2D eigenvalue weighted by Gasteiger charge is -2.22. The number of nitrogens with one attached hydrogen (secondary N) is 1. The van der Waals surface area contributed by atoms with E-state index >= 15 is 0 Å². The molecule has 22 heavy (non-hydrogen) atoms. The van der Waals surface area contributed by atoms with E-state index in [-0.39, 0.29) is 25.0 Å². The largest absolute Gasteiger partial charge is 0.376 e. The number of carbonyl (C=O) groups excluding carboxylic acids is 1. The van der Waals surface area contributed by atoms with Crippen molar-refractivity contribution in [3.63, 3.8) is 0 Å². The zero-order chi connectivity index (χ0) is 16.0. The van der Waals surface area contributed by atoms with Gasteiger partial charge in [0.25, 0.3) is 0 Å². The van der Waals surface area contributed by atoms with Gasteiger partial charge in [-0.3, -0.25) is 9.10 Å². The molecule has 1 atom stereocenters. The second-order valence-electron chi connectivity index (χ2n) is 5.36. The van der Waals surface area contributed by atoms with Crippen LogP contribution in [0.4, 0.5) is 5.69 Å². The number of hydrogen-bond acceptors (Lipinski definition) is 4. The van der Waals surface area contributed by atoms with Crippen molar-refractivity contribution < 1.29 is 17.9 Å². The molecule has 7 heteroatoms. The van der Waals surface area contributed by atoms with E-state index in [1.807, 2.05) is 6.07 Å². The fraction of sp³-hybridized carbons (Fsp3) is 0.533. The molecule has 0 saturated carbocycles. The van der Waals surface area contributed by atoms with Crippen LogP contribution < -0.4 is 9.62 Å². The summed E-state index contributed by atoms with van der Waals surface area (Å²) >= 11 is 0. The van der Waals surface area contributed by atoms with Gasteiger partial charge in [0, 0.05) is 26.1 Å². The zero-order valence-electron chi connectivity index (χ0n) is 12.7. The molecule has 1 saturated heterocycles. The van der Waals surface area contributed by atoms with Crippen molar-refractivity contribution in [2.45, 2.75) is 25.4 Å². The van der Waals surface area contributed by atoms with Crippen molar-refractivity contribution in [2.75, 3.05) is 30.3 Å². The van der Waals surface area contributed by atoms with Gasteiger partial charge in [-0.2, -0.15) is 0 Å². The number of benzene rings is 1. The van der Waals surface area contributed by atoms with E-state index < -0.39 is 10.0 Å². The maximum Gasteiger partial charge on any atom is 0.232 e. The maximum absolute atomic E-state index is 11.9. The summed E-state index contributed by atoms with van der Waals surface area (Å²) in [5, 5.41) is 2.80. The first kappa shape index (κ1) is 16.8. The number of hydrogen-bond donors (Lipinski definition) is 1. The van der Waals surface area contributed by atoms with Gasteiger partial charge >= 0.3 is 0 Å². The average Bonchev–Trinajstić information content (AvgIpc) is 2.98. The van der Waals surface area contributed by atoms with Crippen molar-refractivity contribution in [3.05, 3.63) is 30.3 Å². The van der Waals surface area contributed by atoms with E-state index in [0.717, 1.165) is 25.7 Å². The van der Waals surface area contributed by atoms with E-state index in [9.17, 15) is 13.2 Å². The first-order valence-electron chi connectivity index (χ1n) is 7.38. The number of rotatable bonds is 7. The quantitative estimate of drug-likeness (QED) is 0.815. The standard InChI is InChI=1S/C15H22N2O4S/c1-22(19,20)17(13-6-3-2-4-7-13)10-9-15(18)16-12-14-8-5-11-21-14/h2-4,6-7,14H,5,8-12H2,1H3,(H,16,18). The van der Waals surface area contributed by atoms with Crippen molar-refractivity contribution in [1.29, 1.82) is 0 Å². The molecule has 122 valence electrons. The van der Waals surface area contributed by atoms with Crippen molar-refractivity contribution in [3.8, 4) is 0 Å². The molecular weight excluding hydrogens is 304 g/mol. The first-order valence-corrected chi connectivity index (χ1v) is 9.23. The van der Waals surface area contributed by atoms with Gasteiger partial charge in [-0.25, -0.2) is 8.42 Å². The van der Waals surface area contributed by atoms with E-state index in [1.165, 1.54) is 4.31 Å². The molecule has 1 fully saturated rings. The Hall–Kier alpha value is -1.60. The molecule has 0 aliphatic carbocycles. The van der Waals surface area contributed by atoms with Gasteiger partial charge in [0.05, 0.1) is 18.0 Å². The lowest BCUT2D eigenvalue weighted by Crippen LogP contribution is -2.36. The second kappa shape index (κ2) is 7.60. The monoisotopic (exact) mass is 326 g/mol. The molecule has 1 aliphatic heterocycles. The summed E-state index contributed by atoms with van der Waals surface area (Å²) < 4.78 is 30.5. The summed E-state index contributed by atoms with van der Waals surface area (Å²) in [6, 6.07) is 8.78. The van der Waals surface area contributed by atoms with Crippen LogP contribution in [0.15, 0.2) is 30.3 Å². The van der Waals surface area contributed by atoms with Gasteiger partial charge in [-0.05, 0) is 25.0 Å². The Balaban J connectivity index is 1.87. The molecule has 1 amide bonds. The molecule has 0 bridgehead atoms. The van der Waals surface area contributed by atoms with E-state index in [1.54, 1.807) is 24.3 Å². The SMILES string of the molecule is CS(=O)(=O)N(CCC(=O)NCC1CCCO1)c1ccccc1. The Morgan fingerprint density at radius 3 is 2.68 bits per heavy atom. The first-order chi connectivity index (χ1) is 10.5. The van der Waals surface area contributed by atoms with Gasteiger partial charge in [0.1, 0.15) is 0 Å². The minimum absolute atomic E-state index is 0.0871. The highest BCUT2D eigenvalue weighted by Gasteiger charge is 2.19. The van der Waals surface area contributed by atoms with Crippen LogP contribution in [0, 0.1) is 0 Å². The highest BCUT2D eigenvalue weighted by Crippen LogP contribution is 2.17. The van der Waals surface area contributed by atoms with Crippen molar-refractivity contribution in [2.24, 2.45) is 0 Å². The number of amides is 1. The van der Waals surface area contributed by atoms with Gasteiger partial charge in [0.2, 0.25) is 15.9 Å². The second-order valence-corrected chi connectivity index (χ2v) is 7.27. The molecule has 2 rings (SSSR count). The molecule has 1 aromatic carbocycles. The Morgan fingerprint density at radius 1 is 1.36 bits per heavy atom. The van der Waals surface area contributed by atoms with Crippen LogP contribution in [-0.4, -0.2) is 46.4 Å². The Bertz CT molecular complexity index is 583. The third-order valence-electron chi connectivity index (χ3n) is 3.54. The Labute approximate surface area is 131 Å². The smallest absolute Gasteiger partial charge is 0.232 e. The maximum atomic E-state index is 11.9. The summed E-state index contributed by atoms with van der Waals surface area (Å²) in [4.78, 5) is 11.9. The number of ether oxygens (including phenoxy) is 1. The minimum Gasteiger partial charge on any atom is -0.376 e. The molecule has 6 nitrogen and oxygen atoms in total. The average molecular weight is 326 g/mol. The predicted octanol–water partition coefficient (Wildman–Crippen LogP) is 1.14. The molecule has 1 unspecified atom stereocenters. The van der Waals surface area contributed by atoms with E-state index in [2.05, 4.69) is 5.32 Å². The number of para-hydroxylation sites is 1. The molecule has 1 heterocycles. The van der Waals surface area contributed by atoms with Crippen molar-refractivity contribution in [1.82, 2.24) is 5.32 Å². The number of nitrogens with zero attached hydrogens (tertiary/aromatic N) is 1. The molecule has 1 N–H and O–H groups in total. The molecule has 1 aliphatic rings. The number of anilines is 1. The van der Waals surface area contributed by atoms with Gasteiger partial charge in [-0.15, -0.1) is 0 Å². The lowest BCUT2D eigenvalue weighted by atomic mass is 10.2. The van der Waals surface area contributed by atoms with Crippen LogP contribution in [0.2, 0.25) is 0 Å². The summed E-state index contributed by atoms with van der Waals surface area (Å²) in [6.07, 6.45) is 3.33. The van der Waals surface area contributed by atoms with Crippen LogP contribution in [0.1, 0.15) is 19.3 Å². The molecule has 0 aromatic heterocycles. The van der Waals surface area contributed by atoms with Gasteiger partial charge in [0.15, 0.2) is 0 Å². The van der Waals surface area contributed by atoms with Crippen LogP contribution in [0.5, 0.6) is 0 Å². The highest BCUT2D eigenvalue weighted by molar-refractivity contribution is 7.92. The van der Waals surface area contributed by atoms with E-state index in [4.69, 9.17) is 4.74 Å². The van der Waals surface area contributed by atoms with Gasteiger partial charge in [-0.1, -0.05) is 18.2 Å². The van der Waals surface area contributed by atoms with Crippen LogP contribution in [0.3, 0.4) is 0 Å². The molecule has 0 radical (unpaired) electrons. The summed E-state index contributed by atoms with van der Waals surface area (Å²) in [6.45, 7) is 1.36. The van der Waals surface area contributed by atoms with Crippen LogP contribution in [0.25, 0.3) is 0 Å². The van der Waals surface area contributed by atoms with Crippen LogP contribution >= 0.6 is 0 Å². The minimum atomic E-state index is -3.42. The molecular formula is C15H22N2O4S. The molecule has 1 aromatic rings. The Kier molecular flexibility index (Phi) is 5.79. The number of carbonyl (C=O) groups is 1. The summed E-state index contributed by atoms with van der Waals surface area (Å²) in [5.41, 5.74) is 0.567.